The Hall–Kier alpha value is -3.61. The third-order valence-corrected chi connectivity index (χ3v) is 6.24. The van der Waals surface area contributed by atoms with E-state index in [2.05, 4.69) is 6.08 Å². The molecule has 0 amide bonds. The van der Waals surface area contributed by atoms with Crippen LogP contribution < -0.4 is 4.74 Å². The summed E-state index contributed by atoms with van der Waals surface area (Å²) in [6.07, 6.45) is 3.58. The summed E-state index contributed by atoms with van der Waals surface area (Å²) in [6, 6.07) is 10.5. The van der Waals surface area contributed by atoms with Gasteiger partial charge in [0.1, 0.15) is 17.4 Å². The molecule has 1 aromatic heterocycles. The van der Waals surface area contributed by atoms with Crippen LogP contribution in [0.3, 0.4) is 0 Å². The van der Waals surface area contributed by atoms with E-state index in [1.807, 2.05) is 44.4 Å². The van der Waals surface area contributed by atoms with E-state index in [1.54, 1.807) is 18.2 Å². The lowest BCUT2D eigenvalue weighted by molar-refractivity contribution is -0.383. The van der Waals surface area contributed by atoms with E-state index >= 15 is 0 Å². The van der Waals surface area contributed by atoms with Crippen LogP contribution in [0.25, 0.3) is 10.9 Å². The van der Waals surface area contributed by atoms with Crippen molar-refractivity contribution in [2.45, 2.75) is 59.6 Å². The van der Waals surface area contributed by atoms with Gasteiger partial charge in [-0.25, -0.2) is 4.79 Å². The first-order valence-corrected chi connectivity index (χ1v) is 11.6. The van der Waals surface area contributed by atoms with E-state index in [4.69, 9.17) is 9.47 Å². The van der Waals surface area contributed by atoms with Crippen LogP contribution >= 0.6 is 0 Å². The van der Waals surface area contributed by atoms with Crippen molar-refractivity contribution in [3.63, 3.8) is 0 Å². The van der Waals surface area contributed by atoms with Gasteiger partial charge in [0.25, 0.3) is 5.69 Å². The fourth-order valence-corrected chi connectivity index (χ4v) is 4.61. The summed E-state index contributed by atoms with van der Waals surface area (Å²) in [5.74, 6) is 0.276. The molecule has 0 spiro atoms. The SMILES string of the molecule is CCOc1ccc([N+](=O)[O-])c2c1c1c(n2CC=C(C)C)CCC(OC(=O)c2ccc(C)cc2)C1. The quantitative estimate of drug-likeness (QED) is 0.188. The summed E-state index contributed by atoms with van der Waals surface area (Å²) in [5, 5.41) is 12.7. The summed E-state index contributed by atoms with van der Waals surface area (Å²) < 4.78 is 13.8. The second kappa shape index (κ2) is 9.71. The minimum absolute atomic E-state index is 0.0585. The average molecular weight is 463 g/mol. The minimum Gasteiger partial charge on any atom is -0.493 e. The largest absolute Gasteiger partial charge is 0.493 e. The lowest BCUT2D eigenvalue weighted by atomic mass is 9.92. The number of esters is 1. The zero-order chi connectivity index (χ0) is 24.4. The van der Waals surface area contributed by atoms with E-state index < -0.39 is 0 Å². The number of non-ortho nitro benzene ring substituents is 1. The highest BCUT2D eigenvalue weighted by Crippen LogP contribution is 2.42. The highest BCUT2D eigenvalue weighted by molar-refractivity contribution is 5.98. The topological polar surface area (TPSA) is 83.6 Å². The second-order valence-electron chi connectivity index (χ2n) is 8.95. The van der Waals surface area contributed by atoms with E-state index in [1.165, 1.54) is 6.07 Å². The molecule has 1 aliphatic rings. The Bertz CT molecular complexity index is 1270. The molecule has 1 unspecified atom stereocenters. The highest BCUT2D eigenvalue weighted by atomic mass is 16.6. The molecule has 7 nitrogen and oxygen atoms in total. The number of ether oxygens (including phenoxy) is 2. The van der Waals surface area contributed by atoms with Gasteiger partial charge in [-0.3, -0.25) is 10.1 Å². The van der Waals surface area contributed by atoms with Crippen LogP contribution in [0.1, 0.15) is 54.4 Å². The Kier molecular flexibility index (Phi) is 6.72. The number of nitro benzene ring substituents is 1. The number of nitro groups is 1. The minimum atomic E-state index is -0.349. The predicted molar refractivity (Wildman–Crippen MR) is 132 cm³/mol. The van der Waals surface area contributed by atoms with Crippen LogP contribution in [0.2, 0.25) is 0 Å². The van der Waals surface area contributed by atoms with Crippen LogP contribution in [0, 0.1) is 17.0 Å². The third-order valence-electron chi connectivity index (χ3n) is 6.24. The van der Waals surface area contributed by atoms with Crippen molar-refractivity contribution in [2.75, 3.05) is 6.61 Å². The maximum Gasteiger partial charge on any atom is 0.338 e. The number of hydrogen-bond acceptors (Lipinski definition) is 5. The first-order chi connectivity index (χ1) is 16.3. The van der Waals surface area contributed by atoms with Gasteiger partial charge in [-0.05, 0) is 64.3 Å². The fourth-order valence-electron chi connectivity index (χ4n) is 4.61. The van der Waals surface area contributed by atoms with E-state index in [9.17, 15) is 14.9 Å². The molecule has 1 heterocycles. The standard InChI is InChI=1S/C27H30N2O5/c1-5-33-24-13-12-23(29(31)32)26-25(24)21-16-20(10-11-22(21)28(26)15-14-17(2)3)34-27(30)19-8-6-18(4)7-9-19/h6-9,12-14,20H,5,10-11,15-16H2,1-4H3. The molecule has 34 heavy (non-hydrogen) atoms. The molecular weight excluding hydrogens is 432 g/mol. The van der Waals surface area contributed by atoms with Crippen molar-refractivity contribution < 1.29 is 19.2 Å². The second-order valence-corrected chi connectivity index (χ2v) is 8.95. The van der Waals surface area contributed by atoms with Crippen molar-refractivity contribution >= 4 is 22.6 Å². The molecule has 0 fully saturated rings. The van der Waals surface area contributed by atoms with Gasteiger partial charge in [0, 0.05) is 24.7 Å². The molecule has 3 aromatic rings. The summed E-state index contributed by atoms with van der Waals surface area (Å²) in [7, 11) is 0. The van der Waals surface area contributed by atoms with Crippen LogP contribution in [-0.4, -0.2) is 28.2 Å². The number of allylic oxidation sites excluding steroid dienone is 2. The molecule has 1 atom stereocenters. The van der Waals surface area contributed by atoms with Gasteiger partial charge in [-0.15, -0.1) is 0 Å². The molecular formula is C27H30N2O5. The van der Waals surface area contributed by atoms with Crippen molar-refractivity contribution in [2.24, 2.45) is 0 Å². The zero-order valence-corrected chi connectivity index (χ0v) is 20.1. The highest BCUT2D eigenvalue weighted by Gasteiger charge is 2.32. The van der Waals surface area contributed by atoms with Gasteiger partial charge in [0.15, 0.2) is 0 Å². The van der Waals surface area contributed by atoms with Gasteiger partial charge < -0.3 is 14.0 Å². The summed E-state index contributed by atoms with van der Waals surface area (Å²) in [6.45, 7) is 8.88. The molecule has 2 aromatic carbocycles. The Morgan fingerprint density at radius 2 is 1.94 bits per heavy atom. The van der Waals surface area contributed by atoms with Gasteiger partial charge in [0.05, 0.1) is 22.5 Å². The van der Waals surface area contributed by atoms with Crippen LogP contribution in [0.5, 0.6) is 5.75 Å². The summed E-state index contributed by atoms with van der Waals surface area (Å²) in [4.78, 5) is 24.4. The van der Waals surface area contributed by atoms with Crippen molar-refractivity contribution in [1.29, 1.82) is 0 Å². The first kappa shape index (κ1) is 23.5. The Balaban J connectivity index is 1.78. The summed E-state index contributed by atoms with van der Waals surface area (Å²) in [5.41, 5.74) is 5.39. The molecule has 0 radical (unpaired) electrons. The van der Waals surface area contributed by atoms with Crippen molar-refractivity contribution in [3.8, 4) is 5.75 Å². The monoisotopic (exact) mass is 462 g/mol. The molecule has 1 aliphatic carbocycles. The lowest BCUT2D eigenvalue weighted by Gasteiger charge is -2.24. The average Bonchev–Trinajstić information content (AvgIpc) is 3.12. The van der Waals surface area contributed by atoms with Crippen LogP contribution in [-0.2, 0) is 24.1 Å². The van der Waals surface area contributed by atoms with Gasteiger partial charge >= 0.3 is 5.97 Å². The van der Waals surface area contributed by atoms with Crippen molar-refractivity contribution in [1.82, 2.24) is 4.57 Å². The number of benzene rings is 2. The number of hydrogen-bond donors (Lipinski definition) is 0. The number of aromatic nitrogens is 1. The number of fused-ring (bicyclic) bond motifs is 3. The third kappa shape index (κ3) is 4.55. The molecule has 178 valence electrons. The van der Waals surface area contributed by atoms with Gasteiger partial charge in [-0.2, -0.15) is 0 Å². The normalized spacial score (nSPS) is 15.0. The number of carbonyl (C=O) groups excluding carboxylic acids is 1. The molecule has 0 bridgehead atoms. The van der Waals surface area contributed by atoms with Crippen molar-refractivity contribution in [3.05, 3.63) is 80.5 Å². The Morgan fingerprint density at radius 1 is 1.21 bits per heavy atom. The van der Waals surface area contributed by atoms with Crippen LogP contribution in [0.15, 0.2) is 48.0 Å². The lowest BCUT2D eigenvalue weighted by Crippen LogP contribution is -2.26. The molecule has 0 saturated heterocycles. The molecule has 7 heteroatoms. The first-order valence-electron chi connectivity index (χ1n) is 11.6. The maximum atomic E-state index is 12.7. The number of nitrogens with zero attached hydrogens (tertiary/aromatic N) is 2. The molecule has 0 saturated carbocycles. The maximum absolute atomic E-state index is 12.7. The number of carbonyl (C=O) groups is 1. The van der Waals surface area contributed by atoms with E-state index in [0.29, 0.717) is 49.2 Å². The van der Waals surface area contributed by atoms with Crippen LogP contribution in [0.4, 0.5) is 5.69 Å². The summed E-state index contributed by atoms with van der Waals surface area (Å²) >= 11 is 0. The Morgan fingerprint density at radius 3 is 2.59 bits per heavy atom. The number of rotatable bonds is 7. The predicted octanol–water partition coefficient (Wildman–Crippen LogP) is 5.94. The molecule has 4 rings (SSSR count). The Labute approximate surface area is 199 Å². The molecule has 0 N–H and O–H groups in total. The van der Waals surface area contributed by atoms with Gasteiger partial charge in [0.2, 0.25) is 0 Å². The smallest absolute Gasteiger partial charge is 0.338 e. The number of aryl methyl sites for hydroxylation is 1. The zero-order valence-electron chi connectivity index (χ0n) is 20.1. The molecule has 0 aliphatic heterocycles. The van der Waals surface area contributed by atoms with Gasteiger partial charge in [-0.1, -0.05) is 29.3 Å². The fraction of sp³-hybridized carbons (Fsp3) is 0.370. The van der Waals surface area contributed by atoms with E-state index in [-0.39, 0.29) is 22.7 Å². The van der Waals surface area contributed by atoms with E-state index in [0.717, 1.165) is 27.8 Å².